The van der Waals surface area contributed by atoms with Gasteiger partial charge in [-0.25, -0.2) is 4.79 Å². The van der Waals surface area contributed by atoms with Crippen LogP contribution in [0.4, 0.5) is 5.69 Å². The predicted molar refractivity (Wildman–Crippen MR) is 113 cm³/mol. The van der Waals surface area contributed by atoms with Gasteiger partial charge in [0.05, 0.1) is 24.6 Å². The van der Waals surface area contributed by atoms with Gasteiger partial charge in [0.2, 0.25) is 11.8 Å². The van der Waals surface area contributed by atoms with E-state index in [1.54, 1.807) is 24.3 Å². The monoisotopic (exact) mass is 396 g/mol. The van der Waals surface area contributed by atoms with Crippen LogP contribution in [0.3, 0.4) is 0 Å². The number of ether oxygens (including phenoxy) is 1. The molecular formula is C23H28N2O4. The maximum absolute atomic E-state index is 12.5. The van der Waals surface area contributed by atoms with Crippen LogP contribution in [-0.4, -0.2) is 24.4 Å². The zero-order valence-corrected chi connectivity index (χ0v) is 17.2. The summed E-state index contributed by atoms with van der Waals surface area (Å²) in [6.45, 7) is 5.84. The molecule has 0 spiro atoms. The van der Waals surface area contributed by atoms with Crippen LogP contribution in [0.15, 0.2) is 48.5 Å². The lowest BCUT2D eigenvalue weighted by Gasteiger charge is -2.18. The maximum Gasteiger partial charge on any atom is 0.338 e. The Labute approximate surface area is 171 Å². The van der Waals surface area contributed by atoms with Crippen LogP contribution >= 0.6 is 0 Å². The van der Waals surface area contributed by atoms with E-state index in [0.717, 1.165) is 24.0 Å². The van der Waals surface area contributed by atoms with E-state index in [9.17, 15) is 14.4 Å². The second-order valence-electron chi connectivity index (χ2n) is 6.98. The Morgan fingerprint density at radius 2 is 1.66 bits per heavy atom. The van der Waals surface area contributed by atoms with Crippen molar-refractivity contribution in [2.45, 2.75) is 46.1 Å². The quantitative estimate of drug-likeness (QED) is 0.492. The molecule has 0 heterocycles. The summed E-state index contributed by atoms with van der Waals surface area (Å²) in [6, 6.07) is 13.8. The van der Waals surface area contributed by atoms with Crippen LogP contribution in [0.1, 0.15) is 60.6 Å². The highest BCUT2D eigenvalue weighted by molar-refractivity contribution is 5.93. The molecule has 0 bridgehead atoms. The lowest BCUT2D eigenvalue weighted by Crippen LogP contribution is -2.29. The first-order valence-corrected chi connectivity index (χ1v) is 9.79. The van der Waals surface area contributed by atoms with Crippen molar-refractivity contribution in [2.24, 2.45) is 0 Å². The third-order valence-electron chi connectivity index (χ3n) is 4.38. The van der Waals surface area contributed by atoms with E-state index < -0.39 is 6.04 Å². The summed E-state index contributed by atoms with van der Waals surface area (Å²) in [5.74, 6) is -0.807. The van der Waals surface area contributed by atoms with Gasteiger partial charge in [-0.3, -0.25) is 9.59 Å². The molecule has 0 aromatic heterocycles. The second kappa shape index (κ2) is 11.0. The summed E-state index contributed by atoms with van der Waals surface area (Å²) in [4.78, 5) is 36.0. The van der Waals surface area contributed by atoms with Crippen molar-refractivity contribution in [3.05, 3.63) is 65.2 Å². The Kier molecular flexibility index (Phi) is 8.40. The van der Waals surface area contributed by atoms with E-state index >= 15 is 0 Å². The van der Waals surface area contributed by atoms with Gasteiger partial charge in [0.1, 0.15) is 0 Å². The Morgan fingerprint density at radius 3 is 2.24 bits per heavy atom. The lowest BCUT2D eigenvalue weighted by atomic mass is 10.0. The maximum atomic E-state index is 12.5. The molecule has 0 aliphatic rings. The van der Waals surface area contributed by atoms with E-state index in [4.69, 9.17) is 4.74 Å². The van der Waals surface area contributed by atoms with Gasteiger partial charge in [0.15, 0.2) is 0 Å². The topological polar surface area (TPSA) is 84.5 Å². The third kappa shape index (κ3) is 7.41. The summed E-state index contributed by atoms with van der Waals surface area (Å²) in [5, 5.41) is 5.62. The van der Waals surface area contributed by atoms with Gasteiger partial charge in [-0.15, -0.1) is 0 Å². The molecule has 0 radical (unpaired) electrons. The standard InChI is InChI=1S/C23H28N2O4/c1-4-5-14-29-23(28)19-10-12-20(13-11-19)25-22(27)15-21(24-17(3)26)18-8-6-16(2)7-9-18/h6-13,21H,4-5,14-15H2,1-3H3,(H,24,26)(H,25,27). The third-order valence-corrected chi connectivity index (χ3v) is 4.38. The number of unbranched alkanes of at least 4 members (excludes halogenated alkanes) is 1. The normalized spacial score (nSPS) is 11.4. The molecule has 2 amide bonds. The van der Waals surface area contributed by atoms with Gasteiger partial charge < -0.3 is 15.4 Å². The minimum Gasteiger partial charge on any atom is -0.462 e. The lowest BCUT2D eigenvalue weighted by molar-refractivity contribution is -0.120. The fourth-order valence-electron chi connectivity index (χ4n) is 2.78. The first-order valence-electron chi connectivity index (χ1n) is 9.79. The average molecular weight is 396 g/mol. The van der Waals surface area contributed by atoms with Gasteiger partial charge in [-0.05, 0) is 43.2 Å². The minimum atomic E-state index is -0.416. The number of rotatable bonds is 9. The largest absolute Gasteiger partial charge is 0.462 e. The van der Waals surface area contributed by atoms with Crippen molar-refractivity contribution >= 4 is 23.5 Å². The molecule has 2 rings (SSSR count). The Balaban J connectivity index is 1.97. The van der Waals surface area contributed by atoms with E-state index in [1.165, 1.54) is 6.92 Å². The van der Waals surface area contributed by atoms with Crippen molar-refractivity contribution in [3.8, 4) is 0 Å². The van der Waals surface area contributed by atoms with Crippen LogP contribution in [0.5, 0.6) is 0 Å². The Hall–Kier alpha value is -3.15. The molecule has 0 saturated heterocycles. The van der Waals surface area contributed by atoms with Crippen LogP contribution in [0.2, 0.25) is 0 Å². The molecule has 0 saturated carbocycles. The summed E-state index contributed by atoms with van der Waals surface area (Å²) in [5.41, 5.74) is 2.99. The highest BCUT2D eigenvalue weighted by Crippen LogP contribution is 2.19. The fraction of sp³-hybridized carbons (Fsp3) is 0.348. The predicted octanol–water partition coefficient (Wildman–Crippen LogP) is 4.16. The molecule has 0 fully saturated rings. The van der Waals surface area contributed by atoms with Crippen molar-refractivity contribution in [2.75, 3.05) is 11.9 Å². The van der Waals surface area contributed by atoms with E-state index in [1.807, 2.05) is 38.1 Å². The van der Waals surface area contributed by atoms with E-state index in [-0.39, 0.29) is 24.2 Å². The smallest absolute Gasteiger partial charge is 0.338 e. The van der Waals surface area contributed by atoms with Crippen molar-refractivity contribution < 1.29 is 19.1 Å². The molecule has 1 atom stereocenters. The highest BCUT2D eigenvalue weighted by atomic mass is 16.5. The van der Waals surface area contributed by atoms with Crippen molar-refractivity contribution in [3.63, 3.8) is 0 Å². The van der Waals surface area contributed by atoms with Gasteiger partial charge >= 0.3 is 5.97 Å². The van der Waals surface area contributed by atoms with E-state index in [0.29, 0.717) is 17.9 Å². The number of aryl methyl sites for hydroxylation is 1. The molecule has 6 heteroatoms. The molecule has 2 N–H and O–H groups in total. The number of benzene rings is 2. The van der Waals surface area contributed by atoms with Crippen LogP contribution in [0.25, 0.3) is 0 Å². The number of hydrogen-bond donors (Lipinski definition) is 2. The molecule has 2 aromatic rings. The number of carbonyl (C=O) groups excluding carboxylic acids is 3. The summed E-state index contributed by atoms with van der Waals surface area (Å²) in [6.07, 6.45) is 1.89. The van der Waals surface area contributed by atoms with Crippen molar-refractivity contribution in [1.29, 1.82) is 0 Å². The van der Waals surface area contributed by atoms with Gasteiger partial charge in [0.25, 0.3) is 0 Å². The van der Waals surface area contributed by atoms with E-state index in [2.05, 4.69) is 10.6 Å². The first-order chi connectivity index (χ1) is 13.9. The number of amides is 2. The summed E-state index contributed by atoms with van der Waals surface area (Å²) in [7, 11) is 0. The summed E-state index contributed by atoms with van der Waals surface area (Å²) >= 11 is 0. The molecule has 154 valence electrons. The fourth-order valence-corrected chi connectivity index (χ4v) is 2.78. The molecule has 29 heavy (non-hydrogen) atoms. The molecule has 1 unspecified atom stereocenters. The van der Waals surface area contributed by atoms with Gasteiger partial charge in [-0.2, -0.15) is 0 Å². The molecular weight excluding hydrogens is 368 g/mol. The molecule has 2 aromatic carbocycles. The first kappa shape index (κ1) is 22.1. The Morgan fingerprint density at radius 1 is 1.00 bits per heavy atom. The Bertz CT molecular complexity index is 829. The van der Waals surface area contributed by atoms with Gasteiger partial charge in [-0.1, -0.05) is 43.2 Å². The van der Waals surface area contributed by atoms with Gasteiger partial charge in [0, 0.05) is 12.6 Å². The van der Waals surface area contributed by atoms with Crippen molar-refractivity contribution in [1.82, 2.24) is 5.32 Å². The number of anilines is 1. The molecule has 0 aliphatic heterocycles. The van der Waals surface area contributed by atoms with Crippen LogP contribution in [-0.2, 0) is 14.3 Å². The number of hydrogen-bond acceptors (Lipinski definition) is 4. The number of nitrogens with one attached hydrogen (secondary N) is 2. The SMILES string of the molecule is CCCCOC(=O)c1ccc(NC(=O)CC(NC(C)=O)c2ccc(C)cc2)cc1. The summed E-state index contributed by atoms with van der Waals surface area (Å²) < 4.78 is 5.17. The highest BCUT2D eigenvalue weighted by Gasteiger charge is 2.17. The molecule has 6 nitrogen and oxygen atoms in total. The molecule has 0 aliphatic carbocycles. The van der Waals surface area contributed by atoms with Crippen LogP contribution in [0, 0.1) is 6.92 Å². The average Bonchev–Trinajstić information content (AvgIpc) is 2.68. The van der Waals surface area contributed by atoms with Crippen LogP contribution < -0.4 is 10.6 Å². The second-order valence-corrected chi connectivity index (χ2v) is 6.98. The number of carbonyl (C=O) groups is 3. The zero-order valence-electron chi connectivity index (χ0n) is 17.2. The zero-order chi connectivity index (χ0) is 21.2. The number of esters is 1. The minimum absolute atomic E-state index is 0.101.